The minimum atomic E-state index is -0.974. The fourth-order valence-corrected chi connectivity index (χ4v) is 3.12. The van der Waals surface area contributed by atoms with Crippen LogP contribution in [-0.4, -0.2) is 58.9 Å². The summed E-state index contributed by atoms with van der Waals surface area (Å²) in [6.45, 7) is 4.74. The summed E-state index contributed by atoms with van der Waals surface area (Å²) in [5, 5.41) is 2.59. The second-order valence-corrected chi connectivity index (χ2v) is 6.63. The summed E-state index contributed by atoms with van der Waals surface area (Å²) in [6.07, 6.45) is -3.55. The Morgan fingerprint density at radius 1 is 0.958 bits per heavy atom. The summed E-state index contributed by atoms with van der Waals surface area (Å²) in [5.74, 6) is -2.07. The number of amides is 1. The highest BCUT2D eigenvalue weighted by Crippen LogP contribution is 2.30. The first-order chi connectivity index (χ1) is 11.1. The lowest BCUT2D eigenvalue weighted by atomic mass is 10.00. The predicted octanol–water partition coefficient (Wildman–Crippen LogP) is 0.0775. The molecule has 24 heavy (non-hydrogen) atoms. The molecule has 0 saturated carbocycles. The van der Waals surface area contributed by atoms with Crippen LogP contribution in [0.15, 0.2) is 0 Å². The zero-order valence-corrected chi connectivity index (χ0v) is 15.9. The van der Waals surface area contributed by atoms with E-state index in [0.717, 1.165) is 0 Å². The molecule has 5 atom stereocenters. The third kappa shape index (κ3) is 6.23. The molecule has 0 radical (unpaired) electrons. The molecule has 1 heterocycles. The normalized spacial score (nSPS) is 29.3. The van der Waals surface area contributed by atoms with Gasteiger partial charge in [-0.3, -0.25) is 19.2 Å². The summed E-state index contributed by atoms with van der Waals surface area (Å²) < 4.78 is 20.6. The van der Waals surface area contributed by atoms with E-state index in [2.05, 4.69) is 5.32 Å². The van der Waals surface area contributed by atoms with Crippen molar-refractivity contribution in [2.24, 2.45) is 0 Å². The molecule has 1 rings (SSSR count). The molecule has 0 aromatic heterocycles. The van der Waals surface area contributed by atoms with Crippen LogP contribution in [0.2, 0.25) is 0 Å². The first-order valence-electron chi connectivity index (χ1n) is 7.16. The number of hydrogen-bond donors (Lipinski definition) is 1. The fourth-order valence-electron chi connectivity index (χ4n) is 2.21. The van der Waals surface area contributed by atoms with E-state index in [1.54, 1.807) is 0 Å². The van der Waals surface area contributed by atoms with Crippen molar-refractivity contribution in [2.75, 3.05) is 6.61 Å². The van der Waals surface area contributed by atoms with Gasteiger partial charge in [0, 0.05) is 27.7 Å². The predicted molar refractivity (Wildman–Crippen MR) is 88.0 cm³/mol. The van der Waals surface area contributed by atoms with Crippen LogP contribution in [0.3, 0.4) is 0 Å². The van der Waals surface area contributed by atoms with Gasteiger partial charge in [-0.05, 0) is 0 Å². The van der Waals surface area contributed by atoms with Crippen molar-refractivity contribution in [2.45, 2.75) is 56.2 Å². The molecule has 0 unspecified atom stereocenters. The standard InChI is InChI=1S/C14H20INO8/c1-6(17)16-14-11(15)13(23-9(4)20)12(22-8(3)19)10(24-14)5-21-7(2)18/h10-14H,5H2,1-4H3,(H,16,17)/t10-,11+,12+,13-,14-/m1/s1. The van der Waals surface area contributed by atoms with E-state index < -0.39 is 46.4 Å². The molecular formula is C14H20INO8. The van der Waals surface area contributed by atoms with Crippen molar-refractivity contribution in [3.05, 3.63) is 0 Å². The van der Waals surface area contributed by atoms with E-state index in [4.69, 9.17) is 18.9 Å². The molecule has 0 aliphatic carbocycles. The molecule has 0 aromatic rings. The maximum atomic E-state index is 11.4. The van der Waals surface area contributed by atoms with Gasteiger partial charge in [0.25, 0.3) is 0 Å². The molecule has 0 aromatic carbocycles. The second kappa shape index (κ2) is 9.16. The van der Waals surface area contributed by atoms with Gasteiger partial charge in [0.1, 0.15) is 18.9 Å². The Morgan fingerprint density at radius 3 is 1.96 bits per heavy atom. The number of carbonyl (C=O) groups is 4. The summed E-state index contributed by atoms with van der Waals surface area (Å²) in [5.41, 5.74) is 0. The summed E-state index contributed by atoms with van der Waals surface area (Å²) >= 11 is 1.95. The van der Waals surface area contributed by atoms with Gasteiger partial charge in [-0.25, -0.2) is 0 Å². The Balaban J connectivity index is 3.08. The molecule has 1 N–H and O–H groups in total. The van der Waals surface area contributed by atoms with E-state index in [-0.39, 0.29) is 12.5 Å². The zero-order valence-electron chi connectivity index (χ0n) is 13.7. The molecule has 0 spiro atoms. The average molecular weight is 457 g/mol. The van der Waals surface area contributed by atoms with Gasteiger partial charge >= 0.3 is 17.9 Å². The maximum Gasteiger partial charge on any atom is 0.303 e. The van der Waals surface area contributed by atoms with E-state index >= 15 is 0 Å². The van der Waals surface area contributed by atoms with Crippen LogP contribution in [-0.2, 0) is 38.1 Å². The van der Waals surface area contributed by atoms with Crippen LogP contribution < -0.4 is 5.32 Å². The monoisotopic (exact) mass is 457 g/mol. The Bertz CT molecular complexity index is 495. The van der Waals surface area contributed by atoms with Gasteiger partial charge in [-0.15, -0.1) is 0 Å². The highest BCUT2D eigenvalue weighted by Gasteiger charge is 2.49. The lowest BCUT2D eigenvalue weighted by Gasteiger charge is -2.43. The summed E-state index contributed by atoms with van der Waals surface area (Å²) in [4.78, 5) is 45.2. The third-order valence-corrected chi connectivity index (χ3v) is 4.38. The number of ether oxygens (including phenoxy) is 4. The number of halogens is 1. The Labute approximate surface area is 152 Å². The van der Waals surface area contributed by atoms with Crippen LogP contribution in [0.1, 0.15) is 27.7 Å². The molecular weight excluding hydrogens is 437 g/mol. The molecule has 1 aliphatic heterocycles. The second-order valence-electron chi connectivity index (χ2n) is 5.19. The molecule has 1 fully saturated rings. The Kier molecular flexibility index (Phi) is 7.87. The van der Waals surface area contributed by atoms with Crippen LogP contribution in [0.4, 0.5) is 0 Å². The van der Waals surface area contributed by atoms with E-state index in [9.17, 15) is 19.2 Å². The maximum absolute atomic E-state index is 11.4. The van der Waals surface area contributed by atoms with Crippen molar-refractivity contribution >= 4 is 46.4 Å². The topological polar surface area (TPSA) is 117 Å². The lowest BCUT2D eigenvalue weighted by molar-refractivity contribution is -0.214. The summed E-state index contributed by atoms with van der Waals surface area (Å²) in [6, 6.07) is 0. The average Bonchev–Trinajstić information content (AvgIpc) is 2.42. The smallest absolute Gasteiger partial charge is 0.303 e. The van der Waals surface area contributed by atoms with Gasteiger partial charge in [0.05, 0.1) is 3.92 Å². The van der Waals surface area contributed by atoms with Crippen molar-refractivity contribution in [1.82, 2.24) is 5.32 Å². The van der Waals surface area contributed by atoms with Crippen LogP contribution in [0.5, 0.6) is 0 Å². The van der Waals surface area contributed by atoms with Crippen molar-refractivity contribution in [3.8, 4) is 0 Å². The van der Waals surface area contributed by atoms with Gasteiger partial charge in [-0.2, -0.15) is 0 Å². The summed E-state index contributed by atoms with van der Waals surface area (Å²) in [7, 11) is 0. The van der Waals surface area contributed by atoms with Crippen LogP contribution in [0.25, 0.3) is 0 Å². The first-order valence-corrected chi connectivity index (χ1v) is 8.40. The van der Waals surface area contributed by atoms with Gasteiger partial charge in [0.15, 0.2) is 12.2 Å². The van der Waals surface area contributed by atoms with Gasteiger partial charge in [-0.1, -0.05) is 22.6 Å². The molecule has 1 aliphatic rings. The number of hydrogen-bond acceptors (Lipinski definition) is 8. The van der Waals surface area contributed by atoms with E-state index in [1.165, 1.54) is 27.7 Å². The highest BCUT2D eigenvalue weighted by molar-refractivity contribution is 14.1. The number of nitrogens with one attached hydrogen (secondary N) is 1. The molecule has 1 amide bonds. The van der Waals surface area contributed by atoms with Gasteiger partial charge < -0.3 is 24.3 Å². The lowest BCUT2D eigenvalue weighted by Crippen LogP contribution is -2.63. The highest BCUT2D eigenvalue weighted by atomic mass is 127. The minimum Gasteiger partial charge on any atom is -0.463 e. The van der Waals surface area contributed by atoms with Gasteiger partial charge in [0.2, 0.25) is 5.91 Å². The molecule has 9 nitrogen and oxygen atoms in total. The first kappa shape index (κ1) is 20.6. The van der Waals surface area contributed by atoms with E-state index in [0.29, 0.717) is 0 Å². The van der Waals surface area contributed by atoms with Crippen LogP contribution >= 0.6 is 22.6 Å². The zero-order chi connectivity index (χ0) is 18.4. The number of alkyl halides is 1. The van der Waals surface area contributed by atoms with Crippen molar-refractivity contribution < 1.29 is 38.1 Å². The number of rotatable bonds is 5. The molecule has 1 saturated heterocycles. The molecule has 0 bridgehead atoms. The SMILES string of the molecule is CC(=O)N[C@@H]1O[C@H](COC(C)=O)[C@H](OC(C)=O)[C@H](OC(C)=O)[C@@H]1I. The van der Waals surface area contributed by atoms with Crippen molar-refractivity contribution in [1.29, 1.82) is 0 Å². The fraction of sp³-hybridized carbons (Fsp3) is 0.714. The largest absolute Gasteiger partial charge is 0.463 e. The van der Waals surface area contributed by atoms with Crippen LogP contribution in [0, 0.1) is 0 Å². The molecule has 136 valence electrons. The number of carbonyl (C=O) groups excluding carboxylic acids is 4. The quantitative estimate of drug-likeness (QED) is 0.267. The van der Waals surface area contributed by atoms with E-state index in [1.807, 2.05) is 22.6 Å². The number of esters is 3. The Morgan fingerprint density at radius 2 is 1.50 bits per heavy atom. The van der Waals surface area contributed by atoms with Crippen molar-refractivity contribution in [3.63, 3.8) is 0 Å². The Hall–Kier alpha value is -1.43. The minimum absolute atomic E-state index is 0.218. The third-order valence-electron chi connectivity index (χ3n) is 3.02. The molecule has 10 heteroatoms.